The Labute approximate surface area is 729 Å². The van der Waals surface area contributed by atoms with E-state index in [0.29, 0.717) is 131 Å². The number of hydrogen-bond acceptors (Lipinski definition) is 25. The average molecular weight is 1720 g/mol. The SMILES string of the molecule is CCCCCCOC(=O)C(CC(=O)CCc1ccc(OC(=O)CCCCCCCCC(=O)OC(=O)CCCCCOC(=O)NCCCCCCNC)cc1)c1ccc(OC(C)=O)cc1.CCCCCCOC(=O)C(CC(=O)CCc1ccc(OC(=O)CCCCCCCCC(=O)OCCOC(=O)NCCCCCCNC)cc1)c1ccc(OC(C)=O)cc1. The fourth-order valence-electron chi connectivity index (χ4n) is 13.0. The third kappa shape index (κ3) is 57.2. The Balaban J connectivity index is 0.000000637. The smallest absolute Gasteiger partial charge is 0.407 e. The third-order valence-electron chi connectivity index (χ3n) is 20.0. The van der Waals surface area contributed by atoms with E-state index < -0.39 is 59.8 Å². The van der Waals surface area contributed by atoms with E-state index in [1.54, 1.807) is 72.8 Å². The van der Waals surface area contributed by atoms with E-state index in [4.69, 9.17) is 47.4 Å². The van der Waals surface area contributed by atoms with Gasteiger partial charge in [0.25, 0.3) is 0 Å². The molecular formula is C96H142N4O23. The first-order valence-corrected chi connectivity index (χ1v) is 45.1. The Kier molecular flexibility index (Phi) is 61.5. The summed E-state index contributed by atoms with van der Waals surface area (Å²) in [6.07, 6.45) is 29.4. The second-order valence-electron chi connectivity index (χ2n) is 30.9. The first-order chi connectivity index (χ1) is 59.6. The molecular weight excluding hydrogens is 1580 g/mol. The van der Waals surface area contributed by atoms with Gasteiger partial charge < -0.3 is 68.6 Å². The van der Waals surface area contributed by atoms with Crippen molar-refractivity contribution in [3.63, 3.8) is 0 Å². The number of amides is 2. The Bertz CT molecular complexity index is 3640. The summed E-state index contributed by atoms with van der Waals surface area (Å²) in [7, 11) is 3.87. The molecule has 4 N–H and O–H groups in total. The largest absolute Gasteiger partial charge is 0.465 e. The number of aryl methyl sites for hydroxylation is 2. The minimum atomic E-state index is -0.776. The van der Waals surface area contributed by atoms with Gasteiger partial charge in [0.05, 0.1) is 31.7 Å². The van der Waals surface area contributed by atoms with Gasteiger partial charge in [-0.3, -0.25) is 52.7 Å². The topological polar surface area (TPSA) is 362 Å². The minimum Gasteiger partial charge on any atom is -0.465 e. The number of alkyl carbamates (subject to hydrolysis) is 2. The molecule has 0 aliphatic carbocycles. The lowest BCUT2D eigenvalue weighted by Crippen LogP contribution is -2.26. The van der Waals surface area contributed by atoms with Crippen molar-refractivity contribution in [2.24, 2.45) is 0 Å². The predicted octanol–water partition coefficient (Wildman–Crippen LogP) is 18.1. The maximum atomic E-state index is 13.1. The van der Waals surface area contributed by atoms with Crippen molar-refractivity contribution in [3.8, 4) is 23.0 Å². The monoisotopic (exact) mass is 1720 g/mol. The number of carbonyl (C=O) groups is 13. The molecule has 0 aromatic heterocycles. The lowest BCUT2D eigenvalue weighted by atomic mass is 9.92. The van der Waals surface area contributed by atoms with E-state index in [1.165, 1.54) is 13.8 Å². The molecule has 0 fully saturated rings. The summed E-state index contributed by atoms with van der Waals surface area (Å²) in [6, 6.07) is 27.2. The molecule has 684 valence electrons. The van der Waals surface area contributed by atoms with E-state index in [0.717, 1.165) is 178 Å². The number of rotatable bonds is 69. The van der Waals surface area contributed by atoms with Gasteiger partial charge in [0.15, 0.2) is 0 Å². The van der Waals surface area contributed by atoms with Crippen LogP contribution in [0.25, 0.3) is 0 Å². The van der Waals surface area contributed by atoms with E-state index in [1.807, 2.05) is 38.4 Å². The normalized spacial score (nSPS) is 11.3. The molecule has 0 bridgehead atoms. The lowest BCUT2D eigenvalue weighted by Gasteiger charge is -2.17. The molecule has 0 spiro atoms. The summed E-state index contributed by atoms with van der Waals surface area (Å²) in [4.78, 5) is 159. The highest BCUT2D eigenvalue weighted by molar-refractivity contribution is 5.89. The summed E-state index contributed by atoms with van der Waals surface area (Å²) in [5, 5.41) is 11.7. The summed E-state index contributed by atoms with van der Waals surface area (Å²) >= 11 is 0. The Morgan fingerprint density at radius 2 is 0.577 bits per heavy atom. The highest BCUT2D eigenvalue weighted by atomic mass is 16.6. The van der Waals surface area contributed by atoms with Crippen LogP contribution >= 0.6 is 0 Å². The molecule has 0 radical (unpaired) electrons. The number of ether oxygens (including phenoxy) is 10. The second kappa shape index (κ2) is 70.5. The van der Waals surface area contributed by atoms with Crippen LogP contribution in [0.1, 0.15) is 319 Å². The number of esters is 9. The van der Waals surface area contributed by atoms with Crippen LogP contribution in [0.2, 0.25) is 0 Å². The number of nitrogens with one attached hydrogen (secondary N) is 4. The highest BCUT2D eigenvalue weighted by Gasteiger charge is 2.28. The molecule has 2 amide bonds. The molecule has 123 heavy (non-hydrogen) atoms. The lowest BCUT2D eigenvalue weighted by molar-refractivity contribution is -0.160. The Hall–Kier alpha value is -9.89. The minimum absolute atomic E-state index is 0.0109. The fraction of sp³-hybridized carbons (Fsp3) is 0.615. The Morgan fingerprint density at radius 3 is 0.943 bits per heavy atom. The number of ketones is 2. The van der Waals surface area contributed by atoms with E-state index in [-0.39, 0.29) is 94.2 Å². The van der Waals surface area contributed by atoms with Gasteiger partial charge in [-0.15, -0.1) is 0 Å². The zero-order chi connectivity index (χ0) is 89.6. The molecule has 27 heteroatoms. The first-order valence-electron chi connectivity index (χ1n) is 45.1. The number of carbonyl (C=O) groups excluding carboxylic acids is 13. The molecule has 0 saturated carbocycles. The quantitative estimate of drug-likeness (QED) is 0.0105. The van der Waals surface area contributed by atoms with Crippen LogP contribution < -0.4 is 40.2 Å². The molecule has 0 heterocycles. The van der Waals surface area contributed by atoms with Gasteiger partial charge in [-0.25, -0.2) is 9.59 Å². The molecule has 27 nitrogen and oxygen atoms in total. The molecule has 4 aromatic carbocycles. The maximum absolute atomic E-state index is 13.1. The number of Topliss-reactive ketones (excluding diaryl/α,β-unsaturated/α-hetero) is 2. The average Bonchev–Trinajstić information content (AvgIpc) is 0.850. The highest BCUT2D eigenvalue weighted by Crippen LogP contribution is 2.29. The number of benzene rings is 4. The Morgan fingerprint density at radius 1 is 0.285 bits per heavy atom. The predicted molar refractivity (Wildman–Crippen MR) is 469 cm³/mol. The summed E-state index contributed by atoms with van der Waals surface area (Å²) in [5.41, 5.74) is 3.02. The van der Waals surface area contributed by atoms with Crippen molar-refractivity contribution in [2.45, 2.75) is 309 Å². The van der Waals surface area contributed by atoms with Crippen LogP contribution in [0.4, 0.5) is 9.59 Å². The van der Waals surface area contributed by atoms with Crippen LogP contribution in [0.5, 0.6) is 23.0 Å². The van der Waals surface area contributed by atoms with Crippen molar-refractivity contribution >= 4 is 77.5 Å². The van der Waals surface area contributed by atoms with Gasteiger partial charge in [-0.2, -0.15) is 0 Å². The van der Waals surface area contributed by atoms with Gasteiger partial charge in [0.1, 0.15) is 47.8 Å². The third-order valence-corrected chi connectivity index (χ3v) is 20.0. The van der Waals surface area contributed by atoms with Crippen LogP contribution in [0.3, 0.4) is 0 Å². The summed E-state index contributed by atoms with van der Waals surface area (Å²) < 4.78 is 52.6. The summed E-state index contributed by atoms with van der Waals surface area (Å²) in [6.45, 7) is 10.9. The number of unbranched alkanes of at least 4 members (excludes halogenated alkanes) is 24. The van der Waals surface area contributed by atoms with Gasteiger partial charge in [0.2, 0.25) is 0 Å². The zero-order valence-corrected chi connectivity index (χ0v) is 74.3. The van der Waals surface area contributed by atoms with Gasteiger partial charge >= 0.3 is 65.9 Å². The van der Waals surface area contributed by atoms with Gasteiger partial charge in [-0.1, -0.05) is 178 Å². The van der Waals surface area contributed by atoms with Crippen molar-refractivity contribution < 1.29 is 110 Å². The van der Waals surface area contributed by atoms with Crippen molar-refractivity contribution in [3.05, 3.63) is 119 Å². The van der Waals surface area contributed by atoms with Gasteiger partial charge in [0, 0.05) is 84.7 Å². The molecule has 0 aliphatic rings. The molecule has 4 rings (SSSR count). The maximum Gasteiger partial charge on any atom is 0.407 e. The standard InChI is InChI=1S/C50H74N2O12.C46H68N2O11/c1-4-5-6-19-36-60-49(58)45(41-27-32-43(33-28-41)62-39(2)53)38-42(54)29-24-40-25-30-44(31-26-40)63-46(55)21-14-9-7-8-10-15-22-47(56)64-48(57)23-16-13-20-37-61-50(59)52-35-18-12-11-17-34-51-3;1-4-5-6-17-32-56-45(53)42(38-23-28-40(29-24-38)58-36(2)49)35-39(50)25-20-37-21-26-41(27-22-37)59-44(52)19-14-10-8-7-9-13-18-43(51)55-33-34-57-46(54)48-31-16-12-11-15-30-47-3/h25-28,30-33,45,51H,4-24,29,34-38H2,1-3H3,(H,52,59);21-24,26-29,42,47H,4-20,25,30-35H2,1-3H3,(H,48,54). The van der Waals surface area contributed by atoms with Crippen LogP contribution in [-0.2, 0) is 94.0 Å². The summed E-state index contributed by atoms with van der Waals surface area (Å²) in [5.74, 6) is -3.95. The first kappa shape index (κ1) is 107. The zero-order valence-electron chi connectivity index (χ0n) is 74.3. The van der Waals surface area contributed by atoms with Crippen LogP contribution in [0, 0.1) is 0 Å². The molecule has 0 saturated heterocycles. The van der Waals surface area contributed by atoms with Gasteiger partial charge in [-0.05, 0) is 194 Å². The fourth-order valence-corrected chi connectivity index (χ4v) is 13.0. The molecule has 0 aliphatic heterocycles. The molecule has 2 atom stereocenters. The molecule has 4 aromatic rings. The van der Waals surface area contributed by atoms with E-state index in [2.05, 4.69) is 35.1 Å². The van der Waals surface area contributed by atoms with E-state index in [9.17, 15) is 62.3 Å². The van der Waals surface area contributed by atoms with Crippen LogP contribution in [0.15, 0.2) is 97.1 Å². The van der Waals surface area contributed by atoms with Crippen molar-refractivity contribution in [1.29, 1.82) is 0 Å². The van der Waals surface area contributed by atoms with Crippen molar-refractivity contribution in [2.75, 3.05) is 73.3 Å². The van der Waals surface area contributed by atoms with Crippen molar-refractivity contribution in [1.82, 2.24) is 21.3 Å². The second-order valence-corrected chi connectivity index (χ2v) is 30.9. The van der Waals surface area contributed by atoms with Crippen LogP contribution in [-0.4, -0.2) is 151 Å². The number of hydrogen-bond donors (Lipinski definition) is 4. The van der Waals surface area contributed by atoms with E-state index >= 15 is 0 Å². The molecule has 2 unspecified atom stereocenters.